The number of fused-ring (bicyclic) bond motifs is 1. The van der Waals surface area contributed by atoms with Crippen LogP contribution in [0.4, 0.5) is 0 Å². The molecule has 0 aliphatic carbocycles. The fourth-order valence-electron chi connectivity index (χ4n) is 2.05. The SMILES string of the molecule is O=C(C=Cc1cc2ccccc2[nH]1)c1ccccc1. The molecule has 1 N–H and O–H groups in total. The van der Waals surface area contributed by atoms with Crippen LogP contribution in [-0.2, 0) is 0 Å². The van der Waals surface area contributed by atoms with Crippen molar-refractivity contribution in [3.8, 4) is 0 Å². The Labute approximate surface area is 111 Å². The second kappa shape index (κ2) is 4.94. The lowest BCUT2D eigenvalue weighted by atomic mass is 10.1. The van der Waals surface area contributed by atoms with Crippen LogP contribution in [0.25, 0.3) is 17.0 Å². The van der Waals surface area contributed by atoms with E-state index in [1.807, 2.05) is 66.7 Å². The van der Waals surface area contributed by atoms with Crippen LogP contribution in [0.5, 0.6) is 0 Å². The minimum Gasteiger partial charge on any atom is -0.355 e. The Morgan fingerprint density at radius 2 is 1.68 bits per heavy atom. The topological polar surface area (TPSA) is 32.9 Å². The second-order valence-corrected chi connectivity index (χ2v) is 4.38. The Bertz CT molecular complexity index is 705. The first-order valence-corrected chi connectivity index (χ1v) is 6.18. The molecule has 0 bridgehead atoms. The average Bonchev–Trinajstić information content (AvgIpc) is 2.88. The lowest BCUT2D eigenvalue weighted by Crippen LogP contribution is -1.92. The molecular formula is C17H13NO. The van der Waals surface area contributed by atoms with Gasteiger partial charge in [-0.3, -0.25) is 4.79 Å². The quantitative estimate of drug-likeness (QED) is 0.549. The number of aromatic nitrogens is 1. The zero-order chi connectivity index (χ0) is 13.1. The van der Waals surface area contributed by atoms with E-state index in [0.29, 0.717) is 5.56 Å². The highest BCUT2D eigenvalue weighted by Crippen LogP contribution is 2.15. The van der Waals surface area contributed by atoms with Crippen LogP contribution in [0.15, 0.2) is 66.7 Å². The molecular weight excluding hydrogens is 234 g/mol. The van der Waals surface area contributed by atoms with Crippen molar-refractivity contribution in [1.82, 2.24) is 4.98 Å². The standard InChI is InChI=1S/C17H13NO/c19-17(13-6-2-1-3-7-13)11-10-15-12-14-8-4-5-9-16(14)18-15/h1-12,18H. The highest BCUT2D eigenvalue weighted by molar-refractivity contribution is 6.06. The molecule has 3 rings (SSSR count). The van der Waals surface area contributed by atoms with Crippen molar-refractivity contribution in [3.05, 3.63) is 78.0 Å². The fraction of sp³-hybridized carbons (Fsp3) is 0. The summed E-state index contributed by atoms with van der Waals surface area (Å²) in [4.78, 5) is 15.2. The number of H-pyrrole nitrogens is 1. The number of hydrogen-bond donors (Lipinski definition) is 1. The Hall–Kier alpha value is -2.61. The van der Waals surface area contributed by atoms with Gasteiger partial charge in [-0.25, -0.2) is 0 Å². The molecule has 0 aliphatic rings. The van der Waals surface area contributed by atoms with Gasteiger partial charge in [0.05, 0.1) is 0 Å². The van der Waals surface area contributed by atoms with E-state index in [2.05, 4.69) is 4.98 Å². The molecule has 0 unspecified atom stereocenters. The third-order valence-corrected chi connectivity index (χ3v) is 3.02. The van der Waals surface area contributed by atoms with Crippen LogP contribution in [0, 0.1) is 0 Å². The Kier molecular flexibility index (Phi) is 2.99. The zero-order valence-electron chi connectivity index (χ0n) is 10.3. The van der Waals surface area contributed by atoms with E-state index in [0.717, 1.165) is 16.6 Å². The Morgan fingerprint density at radius 3 is 2.47 bits per heavy atom. The summed E-state index contributed by atoms with van der Waals surface area (Å²) in [7, 11) is 0. The summed E-state index contributed by atoms with van der Waals surface area (Å²) >= 11 is 0. The maximum Gasteiger partial charge on any atom is 0.185 e. The maximum absolute atomic E-state index is 11.9. The van der Waals surface area contributed by atoms with E-state index in [1.54, 1.807) is 6.08 Å². The van der Waals surface area contributed by atoms with Gasteiger partial charge < -0.3 is 4.98 Å². The van der Waals surface area contributed by atoms with E-state index in [9.17, 15) is 4.79 Å². The van der Waals surface area contributed by atoms with Gasteiger partial charge in [0.15, 0.2) is 5.78 Å². The number of hydrogen-bond acceptors (Lipinski definition) is 1. The molecule has 3 aromatic rings. The molecule has 0 saturated heterocycles. The molecule has 19 heavy (non-hydrogen) atoms. The smallest absolute Gasteiger partial charge is 0.185 e. The van der Waals surface area contributed by atoms with Crippen molar-refractivity contribution in [2.24, 2.45) is 0 Å². The lowest BCUT2D eigenvalue weighted by molar-refractivity contribution is 0.104. The van der Waals surface area contributed by atoms with Crippen molar-refractivity contribution in [2.75, 3.05) is 0 Å². The normalized spacial score (nSPS) is 11.2. The van der Waals surface area contributed by atoms with Crippen LogP contribution in [0.1, 0.15) is 16.1 Å². The van der Waals surface area contributed by atoms with Crippen LogP contribution >= 0.6 is 0 Å². The summed E-state index contributed by atoms with van der Waals surface area (Å²) in [5, 5.41) is 1.15. The molecule has 0 fully saturated rings. The maximum atomic E-state index is 11.9. The van der Waals surface area contributed by atoms with Crippen molar-refractivity contribution in [3.63, 3.8) is 0 Å². The highest BCUT2D eigenvalue weighted by Gasteiger charge is 2.00. The number of rotatable bonds is 3. The summed E-state index contributed by atoms with van der Waals surface area (Å²) in [6, 6.07) is 19.3. The molecule has 0 radical (unpaired) electrons. The predicted molar refractivity (Wildman–Crippen MR) is 78.1 cm³/mol. The van der Waals surface area contributed by atoms with Crippen LogP contribution in [0.2, 0.25) is 0 Å². The van der Waals surface area contributed by atoms with E-state index < -0.39 is 0 Å². The molecule has 0 spiro atoms. The first-order chi connectivity index (χ1) is 9.33. The van der Waals surface area contributed by atoms with Gasteiger partial charge in [0.1, 0.15) is 0 Å². The van der Waals surface area contributed by atoms with E-state index in [4.69, 9.17) is 0 Å². The highest BCUT2D eigenvalue weighted by atomic mass is 16.1. The van der Waals surface area contributed by atoms with Gasteiger partial charge in [-0.15, -0.1) is 0 Å². The first-order valence-electron chi connectivity index (χ1n) is 6.18. The van der Waals surface area contributed by atoms with Crippen LogP contribution in [0.3, 0.4) is 0 Å². The molecule has 2 aromatic carbocycles. The van der Waals surface area contributed by atoms with Crippen molar-refractivity contribution >= 4 is 22.8 Å². The number of carbonyl (C=O) groups excluding carboxylic acids is 1. The van der Waals surface area contributed by atoms with E-state index >= 15 is 0 Å². The summed E-state index contributed by atoms with van der Waals surface area (Å²) in [6.07, 6.45) is 3.41. The molecule has 2 heteroatoms. The average molecular weight is 247 g/mol. The number of nitrogens with one attached hydrogen (secondary N) is 1. The fourth-order valence-corrected chi connectivity index (χ4v) is 2.05. The number of benzene rings is 2. The minimum atomic E-state index is 0.0132. The lowest BCUT2D eigenvalue weighted by Gasteiger charge is -1.93. The van der Waals surface area contributed by atoms with Gasteiger partial charge in [0.25, 0.3) is 0 Å². The molecule has 1 heterocycles. The number of carbonyl (C=O) groups is 1. The first kappa shape index (κ1) is 11.5. The van der Waals surface area contributed by atoms with Gasteiger partial charge in [0, 0.05) is 16.8 Å². The van der Waals surface area contributed by atoms with Gasteiger partial charge in [-0.05, 0) is 29.7 Å². The monoisotopic (exact) mass is 247 g/mol. The van der Waals surface area contributed by atoms with Gasteiger partial charge in [-0.2, -0.15) is 0 Å². The molecule has 2 nitrogen and oxygen atoms in total. The van der Waals surface area contributed by atoms with Crippen LogP contribution in [-0.4, -0.2) is 10.8 Å². The van der Waals surface area contributed by atoms with Crippen LogP contribution < -0.4 is 0 Å². The Balaban J connectivity index is 1.84. The number of allylic oxidation sites excluding steroid dienone is 1. The third-order valence-electron chi connectivity index (χ3n) is 3.02. The van der Waals surface area contributed by atoms with Gasteiger partial charge >= 0.3 is 0 Å². The largest absolute Gasteiger partial charge is 0.355 e. The van der Waals surface area contributed by atoms with Crippen molar-refractivity contribution < 1.29 is 4.79 Å². The molecule has 92 valence electrons. The summed E-state index contributed by atoms with van der Waals surface area (Å²) in [5.41, 5.74) is 2.72. The summed E-state index contributed by atoms with van der Waals surface area (Å²) in [6.45, 7) is 0. The predicted octanol–water partition coefficient (Wildman–Crippen LogP) is 4.06. The third kappa shape index (κ3) is 2.47. The zero-order valence-corrected chi connectivity index (χ0v) is 10.3. The molecule has 1 aromatic heterocycles. The number of para-hydroxylation sites is 1. The molecule has 0 amide bonds. The molecule has 0 saturated carbocycles. The van der Waals surface area contributed by atoms with Gasteiger partial charge in [0.2, 0.25) is 0 Å². The Morgan fingerprint density at radius 1 is 0.947 bits per heavy atom. The number of ketones is 1. The minimum absolute atomic E-state index is 0.0132. The summed E-state index contributed by atoms with van der Waals surface area (Å²) in [5.74, 6) is 0.0132. The van der Waals surface area contributed by atoms with Gasteiger partial charge in [-0.1, -0.05) is 48.5 Å². The molecule has 0 atom stereocenters. The van der Waals surface area contributed by atoms with E-state index in [-0.39, 0.29) is 5.78 Å². The number of aromatic amines is 1. The summed E-state index contributed by atoms with van der Waals surface area (Å²) < 4.78 is 0. The van der Waals surface area contributed by atoms with Crippen molar-refractivity contribution in [1.29, 1.82) is 0 Å². The second-order valence-electron chi connectivity index (χ2n) is 4.38. The van der Waals surface area contributed by atoms with E-state index in [1.165, 1.54) is 0 Å². The van der Waals surface area contributed by atoms with Crippen molar-refractivity contribution in [2.45, 2.75) is 0 Å². The molecule has 0 aliphatic heterocycles.